The number of aliphatic hydroxyl groups is 9. The Balaban J connectivity index is 1.02. The minimum Gasteiger partial charge on any atom is -0.464 e. The van der Waals surface area contributed by atoms with Gasteiger partial charge in [-0.05, 0) is 115 Å². The fraction of sp³-hybridized carbons (Fsp3) is 0.923. The van der Waals surface area contributed by atoms with E-state index in [1.165, 1.54) is 5.57 Å². The third-order valence-electron chi connectivity index (χ3n) is 19.9. The zero-order valence-corrected chi connectivity index (χ0v) is 42.5. The molecule has 5 aliphatic carbocycles. The molecule has 0 aromatic heterocycles. The molecule has 18 nitrogen and oxygen atoms in total. The Labute approximate surface area is 412 Å². The maximum absolute atomic E-state index is 14.7. The van der Waals surface area contributed by atoms with Crippen molar-refractivity contribution < 1.29 is 88.7 Å². The molecule has 8 aliphatic rings. The molecule has 400 valence electrons. The van der Waals surface area contributed by atoms with Gasteiger partial charge in [-0.15, -0.1) is 0 Å². The summed E-state index contributed by atoms with van der Waals surface area (Å²) in [6.45, 7) is 17.1. The van der Waals surface area contributed by atoms with Crippen LogP contribution in [-0.4, -0.2) is 170 Å². The third kappa shape index (κ3) is 9.04. The van der Waals surface area contributed by atoms with Crippen LogP contribution in [0.15, 0.2) is 11.6 Å². The van der Waals surface area contributed by atoms with E-state index in [2.05, 4.69) is 54.5 Å². The lowest BCUT2D eigenvalue weighted by molar-refractivity contribution is -0.343. The van der Waals surface area contributed by atoms with E-state index in [4.69, 9.17) is 33.2 Å². The van der Waals surface area contributed by atoms with E-state index in [0.717, 1.165) is 51.4 Å². The molecule has 3 heterocycles. The molecule has 7 fully saturated rings. The summed E-state index contributed by atoms with van der Waals surface area (Å²) in [6.07, 6.45) is -9.68. The van der Waals surface area contributed by atoms with Gasteiger partial charge in [0.1, 0.15) is 54.9 Å². The van der Waals surface area contributed by atoms with Gasteiger partial charge in [0, 0.05) is 6.42 Å². The Morgan fingerprint density at radius 1 is 0.700 bits per heavy atom. The molecule has 0 radical (unpaired) electrons. The fourth-order valence-electron chi connectivity index (χ4n) is 15.4. The van der Waals surface area contributed by atoms with Crippen molar-refractivity contribution in [1.29, 1.82) is 0 Å². The molecule has 0 amide bonds. The second-order valence-electron chi connectivity index (χ2n) is 24.6. The van der Waals surface area contributed by atoms with Crippen LogP contribution in [0.4, 0.5) is 0 Å². The number of unbranched alkanes of at least 4 members (excludes halogenated alkanes) is 1. The first-order valence-electron chi connectivity index (χ1n) is 26.2. The summed E-state index contributed by atoms with van der Waals surface area (Å²) in [7, 11) is 0. The largest absolute Gasteiger partial charge is 0.464 e. The molecule has 22 atom stereocenters. The van der Waals surface area contributed by atoms with E-state index >= 15 is 0 Å². The van der Waals surface area contributed by atoms with Crippen LogP contribution in [0.3, 0.4) is 0 Å². The first-order chi connectivity index (χ1) is 32.8. The van der Waals surface area contributed by atoms with E-state index in [1.807, 2.05) is 6.92 Å². The van der Waals surface area contributed by atoms with E-state index in [-0.39, 0.29) is 58.5 Å². The predicted octanol–water partition coefficient (Wildman–Crippen LogP) is 2.52. The molecule has 22 unspecified atom stereocenters. The van der Waals surface area contributed by atoms with Crippen LogP contribution in [0.1, 0.15) is 139 Å². The molecule has 3 saturated heterocycles. The standard InChI is InChI=1S/C52H84O18/c1-9-10-21-64-43(62)42-37(57)28(65-44-40(60)38(58)35(55)29(24-53)66-44)22-34(69-42)68-33-14-15-49(6)31(48(33,4)5)13-16-51(8)32(49)12-11-26-27-23-47(2,3)17-19-52(27,20-18-50(26,51)7)46(63)70-45-41(61)39(59)36(56)30(25-54)67-45/h11,27-42,44-45,53-61H,9-10,12-25H2,1-8H3. The Morgan fingerprint density at radius 3 is 1.97 bits per heavy atom. The third-order valence-corrected chi connectivity index (χ3v) is 19.9. The minimum atomic E-state index is -1.73. The Hall–Kier alpha value is -1.88. The Morgan fingerprint density at radius 2 is 1.33 bits per heavy atom. The Kier molecular flexibility index (Phi) is 15.5. The zero-order chi connectivity index (χ0) is 51.1. The molecule has 0 aromatic carbocycles. The van der Waals surface area contributed by atoms with Crippen LogP contribution < -0.4 is 0 Å². The van der Waals surface area contributed by atoms with Crippen LogP contribution in [0.5, 0.6) is 0 Å². The number of esters is 2. The molecule has 9 N–H and O–H groups in total. The molecule has 0 spiro atoms. The van der Waals surface area contributed by atoms with Crippen molar-refractivity contribution >= 4 is 11.9 Å². The highest BCUT2D eigenvalue weighted by molar-refractivity contribution is 5.79. The molecule has 0 bridgehead atoms. The summed E-state index contributed by atoms with van der Waals surface area (Å²) < 4.78 is 42.1. The Bertz CT molecular complexity index is 1910. The monoisotopic (exact) mass is 997 g/mol. The van der Waals surface area contributed by atoms with Crippen molar-refractivity contribution in [1.82, 2.24) is 0 Å². The first kappa shape index (κ1) is 54.4. The average molecular weight is 997 g/mol. The van der Waals surface area contributed by atoms with Gasteiger partial charge < -0.3 is 79.1 Å². The van der Waals surface area contributed by atoms with Crippen molar-refractivity contribution in [3.63, 3.8) is 0 Å². The van der Waals surface area contributed by atoms with E-state index in [9.17, 15) is 55.5 Å². The SMILES string of the molecule is CCCCOC(=O)C1OC(OC2CCC3(C)C(CCC4(C)C3CC=C3C5CC(C)(C)CCC5(C(=O)OC5OC(CO)C(O)C(O)C5O)CCC34C)C2(C)C)CC(OC2OC(CO)C(O)C(O)C2O)C1O. The number of hydrogen-bond donors (Lipinski definition) is 9. The number of rotatable bonds is 12. The zero-order valence-electron chi connectivity index (χ0n) is 42.5. The van der Waals surface area contributed by atoms with Gasteiger partial charge in [-0.3, -0.25) is 4.79 Å². The number of hydrogen-bond acceptors (Lipinski definition) is 18. The van der Waals surface area contributed by atoms with Crippen LogP contribution >= 0.6 is 0 Å². The number of aliphatic hydroxyl groups excluding tert-OH is 9. The van der Waals surface area contributed by atoms with Crippen molar-refractivity contribution in [3.05, 3.63) is 11.6 Å². The van der Waals surface area contributed by atoms with Gasteiger partial charge in [0.15, 0.2) is 18.7 Å². The van der Waals surface area contributed by atoms with Crippen molar-refractivity contribution in [2.75, 3.05) is 19.8 Å². The van der Waals surface area contributed by atoms with Gasteiger partial charge in [-0.25, -0.2) is 4.79 Å². The molecular formula is C52H84O18. The van der Waals surface area contributed by atoms with E-state index in [0.29, 0.717) is 25.7 Å². The van der Waals surface area contributed by atoms with Crippen LogP contribution in [-0.2, 0) is 42.7 Å². The summed E-state index contributed by atoms with van der Waals surface area (Å²) in [6, 6.07) is 0. The highest BCUT2D eigenvalue weighted by Gasteiger charge is 2.70. The first-order valence-corrected chi connectivity index (χ1v) is 26.2. The molecule has 0 aromatic rings. The lowest BCUT2D eigenvalue weighted by Gasteiger charge is -2.71. The summed E-state index contributed by atoms with van der Waals surface area (Å²) in [5, 5.41) is 94.8. The molecular weight excluding hydrogens is 913 g/mol. The molecule has 4 saturated carbocycles. The van der Waals surface area contributed by atoms with Crippen LogP contribution in [0.25, 0.3) is 0 Å². The number of carbonyl (C=O) groups excluding carboxylic acids is 2. The highest BCUT2D eigenvalue weighted by atomic mass is 16.7. The molecule has 18 heteroatoms. The summed E-state index contributed by atoms with van der Waals surface area (Å²) >= 11 is 0. The predicted molar refractivity (Wildman–Crippen MR) is 248 cm³/mol. The second kappa shape index (κ2) is 20.0. The van der Waals surface area contributed by atoms with E-state index < -0.39 is 122 Å². The summed E-state index contributed by atoms with van der Waals surface area (Å²) in [4.78, 5) is 28.2. The van der Waals surface area contributed by atoms with Gasteiger partial charge >= 0.3 is 11.9 Å². The number of carbonyl (C=O) groups is 2. The number of ether oxygens (including phenoxy) is 7. The molecule has 8 rings (SSSR count). The molecule has 70 heavy (non-hydrogen) atoms. The second-order valence-corrected chi connectivity index (χ2v) is 24.6. The van der Waals surface area contributed by atoms with Crippen molar-refractivity contribution in [2.45, 2.75) is 231 Å². The van der Waals surface area contributed by atoms with E-state index in [1.54, 1.807) is 0 Å². The average Bonchev–Trinajstić information content (AvgIpc) is 3.31. The summed E-state index contributed by atoms with van der Waals surface area (Å²) in [5.41, 5.74) is -0.538. The fourth-order valence-corrected chi connectivity index (χ4v) is 15.4. The van der Waals surface area contributed by atoms with Crippen molar-refractivity contribution in [2.24, 2.45) is 50.2 Å². The maximum atomic E-state index is 14.7. The normalized spacial score (nSPS) is 49.8. The summed E-state index contributed by atoms with van der Waals surface area (Å²) in [5.74, 6) is -0.903. The quantitative estimate of drug-likeness (QED) is 0.0588. The lowest BCUT2D eigenvalue weighted by atomic mass is 9.33. The van der Waals surface area contributed by atoms with Crippen LogP contribution in [0.2, 0.25) is 0 Å². The number of allylic oxidation sites excluding steroid dienone is 2. The number of fused-ring (bicyclic) bond motifs is 7. The maximum Gasteiger partial charge on any atom is 0.338 e. The van der Waals surface area contributed by atoms with Crippen LogP contribution in [0, 0.1) is 50.2 Å². The topological polar surface area (TPSA) is 281 Å². The van der Waals surface area contributed by atoms with Gasteiger partial charge in [0.05, 0.1) is 37.4 Å². The molecule has 3 aliphatic heterocycles. The van der Waals surface area contributed by atoms with Crippen molar-refractivity contribution in [3.8, 4) is 0 Å². The van der Waals surface area contributed by atoms with Gasteiger partial charge in [0.2, 0.25) is 6.29 Å². The van der Waals surface area contributed by atoms with Gasteiger partial charge in [-0.2, -0.15) is 0 Å². The highest BCUT2D eigenvalue weighted by Crippen LogP contribution is 2.76. The van der Waals surface area contributed by atoms with Gasteiger partial charge in [0.25, 0.3) is 0 Å². The minimum absolute atomic E-state index is 0.0535. The smallest absolute Gasteiger partial charge is 0.338 e. The van der Waals surface area contributed by atoms with Gasteiger partial charge in [-0.1, -0.05) is 73.5 Å². The lowest BCUT2D eigenvalue weighted by Crippen LogP contribution is -2.66.